The minimum absolute atomic E-state index is 0.0875. The number of hydrogen-bond acceptors (Lipinski definition) is 5. The second-order valence-corrected chi connectivity index (χ2v) is 7.59. The largest absolute Gasteiger partial charge is 0.378 e. The van der Waals surface area contributed by atoms with Crippen LogP contribution in [0, 0.1) is 13.8 Å². The Balaban J connectivity index is 1.54. The normalized spacial score (nSPS) is 16.6. The lowest BCUT2D eigenvalue weighted by Gasteiger charge is -2.19. The molecule has 1 aliphatic rings. The molecule has 0 bridgehead atoms. The summed E-state index contributed by atoms with van der Waals surface area (Å²) in [4.78, 5) is 21.0. The molecule has 1 aliphatic heterocycles. The molecule has 1 saturated heterocycles. The van der Waals surface area contributed by atoms with E-state index in [-0.39, 0.29) is 11.8 Å². The molecule has 2 aromatic carbocycles. The van der Waals surface area contributed by atoms with Crippen LogP contribution in [-0.2, 0) is 4.79 Å². The summed E-state index contributed by atoms with van der Waals surface area (Å²) >= 11 is 0. The smallest absolute Gasteiger partial charge is 0.232 e. The molecule has 4 rings (SSSR count). The molecule has 2 heterocycles. The minimum Gasteiger partial charge on any atom is -0.378 e. The number of hydrogen-bond donors (Lipinski definition) is 0. The Labute approximate surface area is 164 Å². The van der Waals surface area contributed by atoms with Crippen LogP contribution in [0.4, 0.5) is 11.4 Å². The Morgan fingerprint density at radius 1 is 1.11 bits per heavy atom. The van der Waals surface area contributed by atoms with Gasteiger partial charge in [-0.2, -0.15) is 4.98 Å². The molecule has 0 radical (unpaired) electrons. The number of aryl methyl sites for hydroxylation is 2. The number of benzene rings is 2. The molecule has 0 unspecified atom stereocenters. The molecule has 0 aliphatic carbocycles. The zero-order valence-electron chi connectivity index (χ0n) is 16.6. The van der Waals surface area contributed by atoms with Crippen LogP contribution in [0.3, 0.4) is 0 Å². The van der Waals surface area contributed by atoms with E-state index in [0.717, 1.165) is 22.5 Å². The Morgan fingerprint density at radius 3 is 2.54 bits per heavy atom. The Hall–Kier alpha value is -3.15. The van der Waals surface area contributed by atoms with E-state index < -0.39 is 0 Å². The first-order chi connectivity index (χ1) is 13.4. The van der Waals surface area contributed by atoms with Gasteiger partial charge in [0.15, 0.2) is 0 Å². The average molecular weight is 376 g/mol. The van der Waals surface area contributed by atoms with Crippen LogP contribution < -0.4 is 9.80 Å². The molecular weight excluding hydrogens is 352 g/mol. The quantitative estimate of drug-likeness (QED) is 0.690. The zero-order chi connectivity index (χ0) is 19.8. The molecule has 3 aromatic rings. The van der Waals surface area contributed by atoms with Crippen molar-refractivity contribution in [2.45, 2.75) is 26.2 Å². The number of amides is 1. The third-order valence-electron chi connectivity index (χ3n) is 5.20. The van der Waals surface area contributed by atoms with Gasteiger partial charge < -0.3 is 14.3 Å². The number of rotatable bonds is 4. The van der Waals surface area contributed by atoms with Gasteiger partial charge >= 0.3 is 0 Å². The lowest BCUT2D eigenvalue weighted by Crippen LogP contribution is -2.25. The summed E-state index contributed by atoms with van der Waals surface area (Å²) in [6, 6.07) is 14.1. The molecule has 0 spiro atoms. The Kier molecular flexibility index (Phi) is 4.63. The van der Waals surface area contributed by atoms with Gasteiger partial charge in [-0.3, -0.25) is 4.79 Å². The summed E-state index contributed by atoms with van der Waals surface area (Å²) in [6.45, 7) is 4.64. The van der Waals surface area contributed by atoms with Crippen molar-refractivity contribution in [2.75, 3.05) is 30.4 Å². The van der Waals surface area contributed by atoms with Gasteiger partial charge in [0.2, 0.25) is 17.6 Å². The van der Waals surface area contributed by atoms with Crippen molar-refractivity contribution in [1.29, 1.82) is 0 Å². The van der Waals surface area contributed by atoms with Crippen molar-refractivity contribution < 1.29 is 9.32 Å². The fraction of sp³-hybridized carbons (Fsp3) is 0.318. The summed E-state index contributed by atoms with van der Waals surface area (Å²) < 4.78 is 5.51. The highest BCUT2D eigenvalue weighted by molar-refractivity contribution is 5.97. The van der Waals surface area contributed by atoms with Gasteiger partial charge in [-0.15, -0.1) is 0 Å². The van der Waals surface area contributed by atoms with Crippen LogP contribution in [0.1, 0.15) is 29.4 Å². The van der Waals surface area contributed by atoms with Gasteiger partial charge in [0.25, 0.3) is 0 Å². The van der Waals surface area contributed by atoms with Crippen molar-refractivity contribution in [3.8, 4) is 11.4 Å². The number of nitrogens with zero attached hydrogens (tertiary/aromatic N) is 4. The number of anilines is 2. The lowest BCUT2D eigenvalue weighted by molar-refractivity contribution is -0.117. The maximum atomic E-state index is 12.6. The monoisotopic (exact) mass is 376 g/mol. The SMILES string of the molecule is Cc1ccc(N2C[C@@H](c3nc(-c4ccc(N(C)C)cc4)no3)CC2=O)c(C)c1. The van der Waals surface area contributed by atoms with E-state index in [1.54, 1.807) is 0 Å². The maximum absolute atomic E-state index is 12.6. The molecule has 1 aromatic heterocycles. The van der Waals surface area contributed by atoms with Crippen molar-refractivity contribution in [1.82, 2.24) is 10.1 Å². The maximum Gasteiger partial charge on any atom is 0.232 e. The summed E-state index contributed by atoms with van der Waals surface area (Å²) in [5.74, 6) is 1.08. The van der Waals surface area contributed by atoms with E-state index >= 15 is 0 Å². The predicted octanol–water partition coefficient (Wildman–Crippen LogP) is 3.94. The standard InChI is InChI=1S/C22H24N4O2/c1-14-5-10-19(15(2)11-14)26-13-17(12-20(26)27)22-23-21(24-28-22)16-6-8-18(9-7-16)25(3)4/h5-11,17H,12-13H2,1-4H3/t17-/m0/s1. The van der Waals surface area contributed by atoms with E-state index in [0.29, 0.717) is 24.7 Å². The highest BCUT2D eigenvalue weighted by Gasteiger charge is 2.35. The molecule has 144 valence electrons. The van der Waals surface area contributed by atoms with Gasteiger partial charge in [0, 0.05) is 44.0 Å². The van der Waals surface area contributed by atoms with E-state index in [1.807, 2.05) is 67.2 Å². The first-order valence-corrected chi connectivity index (χ1v) is 9.41. The second kappa shape index (κ2) is 7.11. The molecule has 6 nitrogen and oxygen atoms in total. The fourth-order valence-electron chi connectivity index (χ4n) is 3.64. The molecule has 6 heteroatoms. The predicted molar refractivity (Wildman–Crippen MR) is 110 cm³/mol. The van der Waals surface area contributed by atoms with Gasteiger partial charge in [0.05, 0.1) is 5.92 Å². The van der Waals surface area contributed by atoms with E-state index in [4.69, 9.17) is 4.52 Å². The third-order valence-corrected chi connectivity index (χ3v) is 5.20. The summed E-state index contributed by atoms with van der Waals surface area (Å²) in [7, 11) is 4.00. The van der Waals surface area contributed by atoms with Crippen LogP contribution >= 0.6 is 0 Å². The van der Waals surface area contributed by atoms with Crippen molar-refractivity contribution in [2.24, 2.45) is 0 Å². The van der Waals surface area contributed by atoms with Crippen molar-refractivity contribution in [3.05, 3.63) is 59.5 Å². The first-order valence-electron chi connectivity index (χ1n) is 9.41. The Morgan fingerprint density at radius 2 is 1.86 bits per heavy atom. The molecule has 1 fully saturated rings. The van der Waals surface area contributed by atoms with E-state index in [2.05, 4.69) is 23.1 Å². The number of aromatic nitrogens is 2. The zero-order valence-corrected chi connectivity index (χ0v) is 16.6. The molecule has 28 heavy (non-hydrogen) atoms. The molecule has 1 amide bonds. The highest BCUT2D eigenvalue weighted by atomic mass is 16.5. The molecular formula is C22H24N4O2. The van der Waals surface area contributed by atoms with Crippen LogP contribution in [0.25, 0.3) is 11.4 Å². The van der Waals surface area contributed by atoms with Crippen molar-refractivity contribution >= 4 is 17.3 Å². The summed E-state index contributed by atoms with van der Waals surface area (Å²) in [6.07, 6.45) is 0.383. The lowest BCUT2D eigenvalue weighted by atomic mass is 10.1. The van der Waals surface area contributed by atoms with E-state index in [1.165, 1.54) is 5.56 Å². The van der Waals surface area contributed by atoms with E-state index in [9.17, 15) is 4.79 Å². The van der Waals surface area contributed by atoms with Gasteiger partial charge in [0.1, 0.15) is 0 Å². The molecule has 1 atom stereocenters. The van der Waals surface area contributed by atoms with Crippen LogP contribution in [0.15, 0.2) is 47.0 Å². The Bertz CT molecular complexity index is 1010. The van der Waals surface area contributed by atoms with Gasteiger partial charge in [-0.1, -0.05) is 22.9 Å². The van der Waals surface area contributed by atoms with Crippen molar-refractivity contribution in [3.63, 3.8) is 0 Å². The first kappa shape index (κ1) is 18.2. The summed E-state index contributed by atoms with van der Waals surface area (Å²) in [5, 5.41) is 4.13. The third kappa shape index (κ3) is 3.38. The fourth-order valence-corrected chi connectivity index (χ4v) is 3.64. The van der Waals surface area contributed by atoms with Crippen LogP contribution in [-0.4, -0.2) is 36.7 Å². The van der Waals surface area contributed by atoms with Gasteiger partial charge in [-0.05, 0) is 49.7 Å². The number of carbonyl (C=O) groups excluding carboxylic acids is 1. The summed E-state index contributed by atoms with van der Waals surface area (Å²) in [5.41, 5.74) is 5.25. The topological polar surface area (TPSA) is 62.5 Å². The minimum atomic E-state index is -0.0875. The van der Waals surface area contributed by atoms with Gasteiger partial charge in [-0.25, -0.2) is 0 Å². The average Bonchev–Trinajstić information content (AvgIpc) is 3.29. The van der Waals surface area contributed by atoms with Crippen LogP contribution in [0.2, 0.25) is 0 Å². The molecule has 0 saturated carbocycles. The number of carbonyl (C=O) groups is 1. The van der Waals surface area contributed by atoms with Crippen LogP contribution in [0.5, 0.6) is 0 Å². The molecule has 0 N–H and O–H groups in total. The highest BCUT2D eigenvalue weighted by Crippen LogP contribution is 2.33. The second-order valence-electron chi connectivity index (χ2n) is 7.59.